The van der Waals surface area contributed by atoms with E-state index in [0.29, 0.717) is 12.3 Å². The molecular formula is C18H19NO2. The summed E-state index contributed by atoms with van der Waals surface area (Å²) in [5.74, 6) is 0.263. The fraction of sp³-hybridized carbons (Fsp3) is 0.444. The number of benzene rings is 1. The summed E-state index contributed by atoms with van der Waals surface area (Å²) < 4.78 is 5.93. The van der Waals surface area contributed by atoms with Crippen LogP contribution in [0.3, 0.4) is 0 Å². The number of hydrogen-bond donors (Lipinski definition) is 0. The van der Waals surface area contributed by atoms with Gasteiger partial charge in [-0.3, -0.25) is 9.78 Å². The van der Waals surface area contributed by atoms with Crippen molar-refractivity contribution in [2.45, 2.75) is 37.7 Å². The van der Waals surface area contributed by atoms with Gasteiger partial charge >= 0.3 is 0 Å². The van der Waals surface area contributed by atoms with Gasteiger partial charge in [-0.05, 0) is 43.6 Å². The second-order valence-electron chi connectivity index (χ2n) is 6.32. The van der Waals surface area contributed by atoms with Crippen molar-refractivity contribution in [3.63, 3.8) is 0 Å². The van der Waals surface area contributed by atoms with E-state index in [1.807, 2.05) is 30.3 Å². The molecular weight excluding hydrogens is 262 g/mol. The van der Waals surface area contributed by atoms with Crippen LogP contribution in [0, 0.1) is 5.92 Å². The highest BCUT2D eigenvalue weighted by Gasteiger charge is 2.44. The fourth-order valence-corrected chi connectivity index (χ4v) is 3.68. The first-order valence-corrected chi connectivity index (χ1v) is 7.79. The van der Waals surface area contributed by atoms with Crippen LogP contribution in [0.25, 0.3) is 10.8 Å². The molecule has 1 aliphatic heterocycles. The number of ether oxygens (including phenoxy) is 1. The SMILES string of the molecule is O=C(c1nccc2ccccc12)C1CCOC2(CCC2)C1. The Morgan fingerprint density at radius 2 is 2.10 bits per heavy atom. The first-order chi connectivity index (χ1) is 10.3. The van der Waals surface area contributed by atoms with Gasteiger partial charge in [0.25, 0.3) is 0 Å². The third-order valence-electron chi connectivity index (χ3n) is 5.04. The van der Waals surface area contributed by atoms with Crippen LogP contribution in [0.1, 0.15) is 42.6 Å². The molecule has 1 atom stereocenters. The minimum absolute atomic E-state index is 0.00314. The summed E-state index contributed by atoms with van der Waals surface area (Å²) in [5.41, 5.74) is 0.637. The van der Waals surface area contributed by atoms with Crippen molar-refractivity contribution in [3.05, 3.63) is 42.2 Å². The number of carbonyl (C=O) groups excluding carboxylic acids is 1. The average molecular weight is 281 g/mol. The van der Waals surface area contributed by atoms with Crippen LogP contribution in [0.4, 0.5) is 0 Å². The number of ketones is 1. The molecule has 3 nitrogen and oxygen atoms in total. The number of hydrogen-bond acceptors (Lipinski definition) is 3. The third-order valence-corrected chi connectivity index (χ3v) is 5.04. The van der Waals surface area contributed by atoms with E-state index in [2.05, 4.69) is 4.98 Å². The van der Waals surface area contributed by atoms with Crippen molar-refractivity contribution in [1.82, 2.24) is 4.98 Å². The molecule has 1 aliphatic carbocycles. The Kier molecular flexibility index (Phi) is 3.03. The summed E-state index contributed by atoms with van der Waals surface area (Å²) in [5, 5.41) is 2.06. The maximum Gasteiger partial charge on any atom is 0.185 e. The molecule has 0 radical (unpaired) electrons. The van der Waals surface area contributed by atoms with Crippen molar-refractivity contribution < 1.29 is 9.53 Å². The van der Waals surface area contributed by atoms with Crippen LogP contribution >= 0.6 is 0 Å². The molecule has 4 rings (SSSR count). The van der Waals surface area contributed by atoms with Crippen LogP contribution in [0.2, 0.25) is 0 Å². The molecule has 1 unspecified atom stereocenters. The fourth-order valence-electron chi connectivity index (χ4n) is 3.68. The Labute approximate surface area is 124 Å². The van der Waals surface area contributed by atoms with E-state index in [1.54, 1.807) is 6.20 Å². The van der Waals surface area contributed by atoms with E-state index in [-0.39, 0.29) is 17.3 Å². The van der Waals surface area contributed by atoms with E-state index in [4.69, 9.17) is 4.74 Å². The molecule has 1 spiro atoms. The van der Waals surface area contributed by atoms with Crippen molar-refractivity contribution in [2.24, 2.45) is 5.92 Å². The van der Waals surface area contributed by atoms with Crippen LogP contribution in [0.5, 0.6) is 0 Å². The van der Waals surface area contributed by atoms with Gasteiger partial charge in [0, 0.05) is 24.1 Å². The summed E-state index contributed by atoms with van der Waals surface area (Å²) in [6, 6.07) is 9.95. The van der Waals surface area contributed by atoms with Crippen LogP contribution in [-0.4, -0.2) is 23.0 Å². The largest absolute Gasteiger partial charge is 0.375 e. The number of fused-ring (bicyclic) bond motifs is 1. The first kappa shape index (κ1) is 13.0. The van der Waals surface area contributed by atoms with Crippen molar-refractivity contribution >= 4 is 16.6 Å². The van der Waals surface area contributed by atoms with Crippen LogP contribution in [-0.2, 0) is 4.74 Å². The highest BCUT2D eigenvalue weighted by atomic mass is 16.5. The quantitative estimate of drug-likeness (QED) is 0.787. The zero-order valence-corrected chi connectivity index (χ0v) is 12.0. The third kappa shape index (κ3) is 2.16. The lowest BCUT2D eigenvalue weighted by molar-refractivity contribution is -0.137. The Hall–Kier alpha value is -1.74. The maximum absolute atomic E-state index is 12.9. The molecule has 0 bridgehead atoms. The average Bonchev–Trinajstić information content (AvgIpc) is 2.52. The van der Waals surface area contributed by atoms with Crippen LogP contribution < -0.4 is 0 Å². The number of carbonyl (C=O) groups is 1. The summed E-state index contributed by atoms with van der Waals surface area (Å²) in [6.45, 7) is 0.709. The molecule has 0 N–H and O–H groups in total. The Bertz CT molecular complexity index is 685. The second-order valence-corrected chi connectivity index (χ2v) is 6.32. The van der Waals surface area contributed by atoms with Gasteiger partial charge in [0.2, 0.25) is 0 Å². The molecule has 21 heavy (non-hydrogen) atoms. The topological polar surface area (TPSA) is 39.2 Å². The Balaban J connectivity index is 1.67. The van der Waals surface area contributed by atoms with Crippen molar-refractivity contribution in [3.8, 4) is 0 Å². The summed E-state index contributed by atoms with van der Waals surface area (Å²) >= 11 is 0. The van der Waals surface area contributed by atoms with Crippen molar-refractivity contribution in [1.29, 1.82) is 0 Å². The molecule has 1 aromatic heterocycles. The second kappa shape index (κ2) is 4.92. The molecule has 1 aromatic carbocycles. The van der Waals surface area contributed by atoms with E-state index in [1.165, 1.54) is 6.42 Å². The zero-order valence-electron chi connectivity index (χ0n) is 12.0. The number of pyridine rings is 1. The molecule has 1 saturated heterocycles. The molecule has 2 heterocycles. The van der Waals surface area contributed by atoms with Gasteiger partial charge in [-0.25, -0.2) is 0 Å². The zero-order chi connectivity index (χ0) is 14.3. The van der Waals surface area contributed by atoms with E-state index < -0.39 is 0 Å². The lowest BCUT2D eigenvalue weighted by Crippen LogP contribution is -2.47. The minimum atomic E-state index is 0.00314. The van der Waals surface area contributed by atoms with Gasteiger partial charge in [0.15, 0.2) is 5.78 Å². The predicted molar refractivity (Wildman–Crippen MR) is 81.3 cm³/mol. The number of Topliss-reactive ketones (excluding diaryl/α,β-unsaturated/α-hetero) is 1. The normalized spacial score (nSPS) is 23.9. The highest BCUT2D eigenvalue weighted by Crippen LogP contribution is 2.45. The Morgan fingerprint density at radius 3 is 2.90 bits per heavy atom. The lowest BCUT2D eigenvalue weighted by Gasteiger charge is -2.46. The standard InChI is InChI=1S/C18H19NO2/c20-17(14-7-11-21-18(12-14)8-3-9-18)16-15-5-2-1-4-13(15)6-10-19-16/h1-2,4-6,10,14H,3,7-9,11-12H2. The maximum atomic E-state index is 12.9. The lowest BCUT2D eigenvalue weighted by atomic mass is 9.71. The number of rotatable bonds is 2. The summed E-state index contributed by atoms with van der Waals surface area (Å²) in [7, 11) is 0. The van der Waals surface area contributed by atoms with Gasteiger partial charge in [0.1, 0.15) is 5.69 Å². The van der Waals surface area contributed by atoms with E-state index >= 15 is 0 Å². The smallest absolute Gasteiger partial charge is 0.185 e. The monoisotopic (exact) mass is 281 g/mol. The summed E-state index contributed by atoms with van der Waals surface area (Å²) in [4.78, 5) is 17.3. The van der Waals surface area contributed by atoms with Gasteiger partial charge in [-0.1, -0.05) is 24.3 Å². The van der Waals surface area contributed by atoms with E-state index in [9.17, 15) is 4.79 Å². The van der Waals surface area contributed by atoms with E-state index in [0.717, 1.165) is 36.5 Å². The highest BCUT2D eigenvalue weighted by molar-refractivity contribution is 6.07. The number of aromatic nitrogens is 1. The molecule has 108 valence electrons. The molecule has 2 aromatic rings. The molecule has 1 saturated carbocycles. The first-order valence-electron chi connectivity index (χ1n) is 7.79. The van der Waals surface area contributed by atoms with Crippen LogP contribution in [0.15, 0.2) is 36.5 Å². The van der Waals surface area contributed by atoms with Gasteiger partial charge in [0.05, 0.1) is 5.60 Å². The van der Waals surface area contributed by atoms with Crippen molar-refractivity contribution in [2.75, 3.05) is 6.61 Å². The van der Waals surface area contributed by atoms with Gasteiger partial charge in [-0.15, -0.1) is 0 Å². The van der Waals surface area contributed by atoms with Gasteiger partial charge in [-0.2, -0.15) is 0 Å². The summed E-state index contributed by atoms with van der Waals surface area (Å²) in [6.07, 6.45) is 6.89. The molecule has 3 heteroatoms. The predicted octanol–water partition coefficient (Wildman–Crippen LogP) is 3.77. The Morgan fingerprint density at radius 1 is 1.24 bits per heavy atom. The minimum Gasteiger partial charge on any atom is -0.375 e. The number of nitrogens with zero attached hydrogens (tertiary/aromatic N) is 1. The molecule has 0 amide bonds. The molecule has 2 aliphatic rings. The molecule has 2 fully saturated rings. The van der Waals surface area contributed by atoms with Gasteiger partial charge < -0.3 is 4.74 Å².